The van der Waals surface area contributed by atoms with Crippen LogP contribution in [0.1, 0.15) is 49.0 Å². The van der Waals surface area contributed by atoms with E-state index in [1.807, 2.05) is 24.3 Å². The van der Waals surface area contributed by atoms with Crippen LogP contribution in [-0.2, 0) is 0 Å². The van der Waals surface area contributed by atoms with Crippen LogP contribution in [0, 0.1) is 0 Å². The van der Waals surface area contributed by atoms with Crippen LogP contribution in [0.25, 0.3) is 0 Å². The van der Waals surface area contributed by atoms with Crippen molar-refractivity contribution < 1.29 is 9.90 Å². The fraction of sp³-hybridized carbons (Fsp3) is 0.462. The molecule has 0 bridgehead atoms. The lowest BCUT2D eigenvalue weighted by Crippen LogP contribution is -2.12. The van der Waals surface area contributed by atoms with E-state index in [2.05, 4.69) is 13.8 Å². The van der Waals surface area contributed by atoms with E-state index in [-0.39, 0.29) is 12.2 Å². The van der Waals surface area contributed by atoms with Crippen molar-refractivity contribution in [2.45, 2.75) is 39.2 Å². The lowest BCUT2D eigenvalue weighted by atomic mass is 9.93. The maximum atomic E-state index is 11.8. The molecule has 1 rings (SSSR count). The molecule has 2 nitrogen and oxygen atoms in total. The summed E-state index contributed by atoms with van der Waals surface area (Å²) in [6, 6.07) is 7.61. The Labute approximate surface area is 90.9 Å². The number of carbonyl (C=O) groups is 1. The van der Waals surface area contributed by atoms with E-state index in [1.54, 1.807) is 6.92 Å². The number of hydrogen-bond acceptors (Lipinski definition) is 2. The molecule has 0 heterocycles. The van der Waals surface area contributed by atoms with E-state index >= 15 is 0 Å². The zero-order valence-electron chi connectivity index (χ0n) is 9.53. The van der Waals surface area contributed by atoms with Gasteiger partial charge in [-0.05, 0) is 18.4 Å². The maximum Gasteiger partial charge on any atom is 0.165 e. The summed E-state index contributed by atoms with van der Waals surface area (Å²) >= 11 is 0. The lowest BCUT2D eigenvalue weighted by molar-refractivity contribution is 0.0900. The van der Waals surface area contributed by atoms with E-state index in [9.17, 15) is 9.90 Å². The van der Waals surface area contributed by atoms with Gasteiger partial charge in [0.05, 0.1) is 6.10 Å². The molecule has 0 radical (unpaired) electrons. The summed E-state index contributed by atoms with van der Waals surface area (Å²) in [6.07, 6.45) is -0.373. The average molecular weight is 206 g/mol. The fourth-order valence-corrected chi connectivity index (χ4v) is 1.63. The van der Waals surface area contributed by atoms with Gasteiger partial charge in [0.25, 0.3) is 0 Å². The molecule has 0 saturated carbocycles. The summed E-state index contributed by atoms with van der Waals surface area (Å²) < 4.78 is 0. The third-order valence-electron chi connectivity index (χ3n) is 2.36. The maximum absolute atomic E-state index is 11.8. The van der Waals surface area contributed by atoms with Crippen LogP contribution in [0.2, 0.25) is 0 Å². The summed E-state index contributed by atoms with van der Waals surface area (Å²) in [4.78, 5) is 11.8. The first-order valence-corrected chi connectivity index (χ1v) is 5.32. The average Bonchev–Trinajstić information content (AvgIpc) is 2.16. The number of aliphatic hydroxyl groups is 1. The molecule has 1 aromatic rings. The minimum absolute atomic E-state index is 0.0225. The topological polar surface area (TPSA) is 37.3 Å². The van der Waals surface area contributed by atoms with Gasteiger partial charge in [0, 0.05) is 12.0 Å². The molecule has 0 saturated heterocycles. The summed E-state index contributed by atoms with van der Waals surface area (Å²) in [5, 5.41) is 9.19. The highest BCUT2D eigenvalue weighted by Gasteiger charge is 2.14. The highest BCUT2D eigenvalue weighted by atomic mass is 16.3. The molecule has 0 aliphatic heterocycles. The van der Waals surface area contributed by atoms with Gasteiger partial charge in [-0.15, -0.1) is 0 Å². The van der Waals surface area contributed by atoms with Crippen LogP contribution in [0.5, 0.6) is 0 Å². The largest absolute Gasteiger partial charge is 0.393 e. The molecule has 0 aromatic heterocycles. The monoisotopic (exact) mass is 206 g/mol. The minimum atomic E-state index is -0.572. The summed E-state index contributed by atoms with van der Waals surface area (Å²) in [5.41, 5.74) is 1.80. The molecule has 0 aliphatic carbocycles. The molecule has 0 fully saturated rings. The summed E-state index contributed by atoms with van der Waals surface area (Å²) in [6.45, 7) is 5.76. The number of Topliss-reactive ketones (excluding diaryl/α,β-unsaturated/α-hetero) is 1. The standard InChI is InChI=1S/C13H18O2/c1-9(2)11-6-4-5-7-12(11)13(15)8-10(3)14/h4-7,9-10,14H,8H2,1-3H3. The van der Waals surface area contributed by atoms with Crippen LogP contribution >= 0.6 is 0 Å². The minimum Gasteiger partial charge on any atom is -0.393 e. The molecule has 1 unspecified atom stereocenters. The Balaban J connectivity index is 2.97. The van der Waals surface area contributed by atoms with Crippen LogP contribution < -0.4 is 0 Å². The zero-order chi connectivity index (χ0) is 11.4. The fourth-order valence-electron chi connectivity index (χ4n) is 1.63. The third-order valence-corrected chi connectivity index (χ3v) is 2.36. The highest BCUT2D eigenvalue weighted by molar-refractivity contribution is 5.97. The van der Waals surface area contributed by atoms with Crippen LogP contribution in [0.3, 0.4) is 0 Å². The summed E-state index contributed by atoms with van der Waals surface area (Å²) in [7, 11) is 0. The van der Waals surface area contributed by atoms with Crippen molar-refractivity contribution >= 4 is 5.78 Å². The normalized spacial score (nSPS) is 12.9. The lowest BCUT2D eigenvalue weighted by Gasteiger charge is -2.12. The Kier molecular flexibility index (Phi) is 4.04. The first kappa shape index (κ1) is 11.9. The Morgan fingerprint density at radius 1 is 1.27 bits per heavy atom. The third kappa shape index (κ3) is 3.17. The Bertz CT molecular complexity index is 340. The molecule has 15 heavy (non-hydrogen) atoms. The Hall–Kier alpha value is -1.15. The van der Waals surface area contributed by atoms with Crippen LogP contribution in [-0.4, -0.2) is 17.0 Å². The smallest absolute Gasteiger partial charge is 0.165 e. The molecule has 1 atom stereocenters. The second-order valence-corrected chi connectivity index (χ2v) is 4.22. The van der Waals surface area contributed by atoms with Gasteiger partial charge in [-0.25, -0.2) is 0 Å². The molecular formula is C13H18O2. The predicted octanol–water partition coefficient (Wildman–Crippen LogP) is 2.76. The van der Waals surface area contributed by atoms with Crippen molar-refractivity contribution in [3.63, 3.8) is 0 Å². The molecule has 0 aliphatic rings. The van der Waals surface area contributed by atoms with Gasteiger partial charge < -0.3 is 5.11 Å². The number of aliphatic hydroxyl groups excluding tert-OH is 1. The number of carbonyl (C=O) groups excluding carboxylic acids is 1. The van der Waals surface area contributed by atoms with Gasteiger partial charge in [-0.3, -0.25) is 4.79 Å². The van der Waals surface area contributed by atoms with Gasteiger partial charge in [0.15, 0.2) is 5.78 Å². The second kappa shape index (κ2) is 5.08. The number of benzene rings is 1. The number of ketones is 1. The molecule has 82 valence electrons. The van der Waals surface area contributed by atoms with E-state index in [1.165, 1.54) is 0 Å². The van der Waals surface area contributed by atoms with Crippen molar-refractivity contribution in [2.24, 2.45) is 0 Å². The molecule has 2 heteroatoms. The van der Waals surface area contributed by atoms with Crippen molar-refractivity contribution in [3.05, 3.63) is 35.4 Å². The van der Waals surface area contributed by atoms with Crippen molar-refractivity contribution in [2.75, 3.05) is 0 Å². The van der Waals surface area contributed by atoms with Crippen LogP contribution in [0.15, 0.2) is 24.3 Å². The van der Waals surface area contributed by atoms with Crippen LogP contribution in [0.4, 0.5) is 0 Å². The Morgan fingerprint density at radius 3 is 2.40 bits per heavy atom. The number of hydrogen-bond donors (Lipinski definition) is 1. The van der Waals surface area contributed by atoms with Gasteiger partial charge in [0.2, 0.25) is 0 Å². The quantitative estimate of drug-likeness (QED) is 0.769. The Morgan fingerprint density at radius 2 is 1.87 bits per heavy atom. The first-order valence-electron chi connectivity index (χ1n) is 5.32. The second-order valence-electron chi connectivity index (χ2n) is 4.22. The molecule has 0 amide bonds. The number of rotatable bonds is 4. The van der Waals surface area contributed by atoms with E-state index < -0.39 is 6.10 Å². The molecule has 0 spiro atoms. The van der Waals surface area contributed by atoms with Crippen molar-refractivity contribution in [1.82, 2.24) is 0 Å². The van der Waals surface area contributed by atoms with Gasteiger partial charge in [-0.1, -0.05) is 38.1 Å². The summed E-state index contributed by atoms with van der Waals surface area (Å²) in [5.74, 6) is 0.355. The zero-order valence-corrected chi connectivity index (χ0v) is 9.53. The van der Waals surface area contributed by atoms with Gasteiger partial charge >= 0.3 is 0 Å². The van der Waals surface area contributed by atoms with Gasteiger partial charge in [-0.2, -0.15) is 0 Å². The van der Waals surface area contributed by atoms with E-state index in [4.69, 9.17) is 0 Å². The molecule has 1 N–H and O–H groups in total. The molecular weight excluding hydrogens is 188 g/mol. The highest BCUT2D eigenvalue weighted by Crippen LogP contribution is 2.20. The van der Waals surface area contributed by atoms with E-state index in [0.29, 0.717) is 5.92 Å². The van der Waals surface area contributed by atoms with E-state index in [0.717, 1.165) is 11.1 Å². The molecule has 1 aromatic carbocycles. The van der Waals surface area contributed by atoms with Crippen molar-refractivity contribution in [3.8, 4) is 0 Å². The first-order chi connectivity index (χ1) is 7.02. The van der Waals surface area contributed by atoms with Gasteiger partial charge in [0.1, 0.15) is 0 Å². The SMILES string of the molecule is CC(O)CC(=O)c1ccccc1C(C)C. The predicted molar refractivity (Wildman–Crippen MR) is 61.2 cm³/mol. The van der Waals surface area contributed by atoms with Crippen molar-refractivity contribution in [1.29, 1.82) is 0 Å².